The maximum atomic E-state index is 5.98. The highest BCUT2D eigenvalue weighted by molar-refractivity contribution is 14.0. The van der Waals surface area contributed by atoms with Crippen molar-refractivity contribution in [1.29, 1.82) is 0 Å². The molecule has 0 bridgehead atoms. The van der Waals surface area contributed by atoms with Gasteiger partial charge in [0.05, 0.1) is 6.10 Å². The fraction of sp³-hybridized carbons (Fsp3) is 0.333. The number of ether oxygens (including phenoxy) is 1. The first-order valence-electron chi connectivity index (χ1n) is 7.97. The highest BCUT2D eigenvalue weighted by atomic mass is 127. The van der Waals surface area contributed by atoms with Gasteiger partial charge in [-0.2, -0.15) is 0 Å². The van der Waals surface area contributed by atoms with Gasteiger partial charge in [0, 0.05) is 25.3 Å². The van der Waals surface area contributed by atoms with Crippen LogP contribution in [0.4, 0.5) is 5.82 Å². The number of anilines is 1. The van der Waals surface area contributed by atoms with Gasteiger partial charge >= 0.3 is 0 Å². The maximum absolute atomic E-state index is 5.98. The molecule has 0 spiro atoms. The summed E-state index contributed by atoms with van der Waals surface area (Å²) in [6.45, 7) is 1.45. The van der Waals surface area contributed by atoms with E-state index in [9.17, 15) is 0 Å². The van der Waals surface area contributed by atoms with Crippen LogP contribution in [-0.4, -0.2) is 24.1 Å². The first-order valence-corrected chi connectivity index (χ1v) is 7.97. The molecule has 0 amide bonds. The van der Waals surface area contributed by atoms with E-state index in [-0.39, 0.29) is 30.1 Å². The number of hydrogen-bond acceptors (Lipinski definition) is 3. The lowest BCUT2D eigenvalue weighted by atomic mass is 9.89. The first kappa shape index (κ1) is 18.7. The highest BCUT2D eigenvalue weighted by Crippen LogP contribution is 2.33. The Hall–Kier alpha value is -1.67. The molecule has 2 heterocycles. The zero-order chi connectivity index (χ0) is 15.9. The van der Waals surface area contributed by atoms with Crippen LogP contribution in [0.1, 0.15) is 24.5 Å². The molecule has 3 N–H and O–H groups in total. The molecule has 128 valence electrons. The minimum Gasteiger partial charge on any atom is -0.373 e. The Balaban J connectivity index is 0.00000208. The molecule has 1 saturated heterocycles. The number of benzene rings is 1. The number of nitrogens with two attached hydrogens (primary N) is 1. The van der Waals surface area contributed by atoms with Gasteiger partial charge in [-0.1, -0.05) is 36.4 Å². The molecule has 0 radical (unpaired) electrons. The summed E-state index contributed by atoms with van der Waals surface area (Å²) in [6.07, 6.45) is 3.98. The summed E-state index contributed by atoms with van der Waals surface area (Å²) in [5.41, 5.74) is 7.18. The van der Waals surface area contributed by atoms with E-state index in [1.807, 2.05) is 36.4 Å². The van der Waals surface area contributed by atoms with Crippen LogP contribution in [0.3, 0.4) is 0 Å². The van der Waals surface area contributed by atoms with Crippen LogP contribution >= 0.6 is 24.0 Å². The molecule has 3 rings (SSSR count). The molecule has 1 aliphatic heterocycles. The lowest BCUT2D eigenvalue weighted by Gasteiger charge is -2.31. The van der Waals surface area contributed by atoms with E-state index in [0.717, 1.165) is 19.4 Å². The van der Waals surface area contributed by atoms with E-state index in [2.05, 4.69) is 27.4 Å². The van der Waals surface area contributed by atoms with Crippen LogP contribution in [-0.2, 0) is 4.74 Å². The first-order chi connectivity index (χ1) is 11.3. The van der Waals surface area contributed by atoms with Crippen LogP contribution in [0.25, 0.3) is 0 Å². The molecule has 6 heteroatoms. The second-order valence-electron chi connectivity index (χ2n) is 5.67. The zero-order valence-electron chi connectivity index (χ0n) is 13.5. The minimum atomic E-state index is 0. The van der Waals surface area contributed by atoms with Crippen molar-refractivity contribution in [2.45, 2.75) is 18.9 Å². The van der Waals surface area contributed by atoms with Crippen molar-refractivity contribution in [2.24, 2.45) is 16.6 Å². The van der Waals surface area contributed by atoms with Gasteiger partial charge in [-0.15, -0.1) is 24.0 Å². The fourth-order valence-electron chi connectivity index (χ4n) is 2.86. The Morgan fingerprint density at radius 1 is 1.21 bits per heavy atom. The molecule has 1 aliphatic rings. The Morgan fingerprint density at radius 3 is 2.75 bits per heavy atom. The van der Waals surface area contributed by atoms with Crippen LogP contribution in [0.15, 0.2) is 59.7 Å². The Labute approximate surface area is 159 Å². The predicted octanol–water partition coefficient (Wildman–Crippen LogP) is 3.59. The van der Waals surface area contributed by atoms with Crippen molar-refractivity contribution in [1.82, 2.24) is 4.98 Å². The highest BCUT2D eigenvalue weighted by Gasteiger charge is 2.27. The Bertz CT molecular complexity index is 636. The second-order valence-corrected chi connectivity index (χ2v) is 5.67. The monoisotopic (exact) mass is 438 g/mol. The molecule has 2 unspecified atom stereocenters. The largest absolute Gasteiger partial charge is 0.373 e. The number of rotatable bonds is 4. The minimum absolute atomic E-state index is 0. The van der Waals surface area contributed by atoms with E-state index >= 15 is 0 Å². The number of nitrogens with one attached hydrogen (secondary N) is 1. The molecule has 1 fully saturated rings. The number of nitrogens with zero attached hydrogens (tertiary/aromatic N) is 2. The van der Waals surface area contributed by atoms with Crippen molar-refractivity contribution in [3.8, 4) is 0 Å². The number of hydrogen-bond donors (Lipinski definition) is 2. The van der Waals surface area contributed by atoms with E-state index in [4.69, 9.17) is 10.5 Å². The van der Waals surface area contributed by atoms with Gasteiger partial charge < -0.3 is 15.8 Å². The third kappa shape index (κ3) is 5.17. The maximum Gasteiger partial charge on any atom is 0.194 e. The number of aliphatic imine (C=N–C) groups is 1. The molecule has 24 heavy (non-hydrogen) atoms. The number of guanidine groups is 1. The summed E-state index contributed by atoms with van der Waals surface area (Å²) in [6, 6.07) is 16.0. The van der Waals surface area contributed by atoms with Gasteiger partial charge in [0.25, 0.3) is 0 Å². The summed E-state index contributed by atoms with van der Waals surface area (Å²) in [5, 5.41) is 3.01. The Morgan fingerprint density at radius 2 is 2.00 bits per heavy atom. The normalized spacial score (nSPS) is 20.9. The molecular weight excluding hydrogens is 415 g/mol. The quantitative estimate of drug-likeness (QED) is 0.435. The lowest BCUT2D eigenvalue weighted by molar-refractivity contribution is -0.0249. The van der Waals surface area contributed by atoms with Crippen molar-refractivity contribution < 1.29 is 4.74 Å². The fourth-order valence-corrected chi connectivity index (χ4v) is 2.86. The summed E-state index contributed by atoms with van der Waals surface area (Å²) >= 11 is 0. The van der Waals surface area contributed by atoms with Crippen LogP contribution in [0.2, 0.25) is 0 Å². The van der Waals surface area contributed by atoms with E-state index in [1.54, 1.807) is 6.20 Å². The third-order valence-electron chi connectivity index (χ3n) is 3.99. The summed E-state index contributed by atoms with van der Waals surface area (Å²) < 4.78 is 5.98. The summed E-state index contributed by atoms with van der Waals surface area (Å²) in [7, 11) is 0. The number of halogens is 1. The SMILES string of the molecule is I.NC(=NCC1CCCOC1c1ccccc1)Nc1ccccn1. The summed E-state index contributed by atoms with van der Waals surface area (Å²) in [4.78, 5) is 8.66. The molecule has 0 saturated carbocycles. The standard InChI is InChI=1S/C18H22N4O.HI/c19-18(22-16-10-4-5-11-20-16)21-13-15-9-6-12-23-17(15)14-7-2-1-3-8-14;/h1-5,7-8,10-11,15,17H,6,9,12-13H2,(H3,19,20,21,22);1H. The average molecular weight is 438 g/mol. The van der Waals surface area contributed by atoms with Gasteiger partial charge in [-0.25, -0.2) is 4.98 Å². The third-order valence-corrected chi connectivity index (χ3v) is 3.99. The van der Waals surface area contributed by atoms with Crippen molar-refractivity contribution >= 4 is 35.8 Å². The molecule has 1 aromatic carbocycles. The van der Waals surface area contributed by atoms with Gasteiger partial charge in [0.2, 0.25) is 0 Å². The smallest absolute Gasteiger partial charge is 0.194 e. The second kappa shape index (κ2) is 9.58. The van der Waals surface area contributed by atoms with E-state index in [1.165, 1.54) is 5.56 Å². The average Bonchev–Trinajstić information content (AvgIpc) is 2.62. The van der Waals surface area contributed by atoms with E-state index in [0.29, 0.717) is 24.2 Å². The number of pyridine rings is 1. The molecule has 2 aromatic rings. The van der Waals surface area contributed by atoms with Gasteiger partial charge in [0.1, 0.15) is 5.82 Å². The van der Waals surface area contributed by atoms with Crippen molar-refractivity contribution in [3.05, 3.63) is 60.3 Å². The van der Waals surface area contributed by atoms with Crippen LogP contribution < -0.4 is 11.1 Å². The van der Waals surface area contributed by atoms with Crippen LogP contribution in [0, 0.1) is 5.92 Å². The molecule has 2 atom stereocenters. The summed E-state index contributed by atoms with van der Waals surface area (Å²) in [5.74, 6) is 1.43. The lowest BCUT2D eigenvalue weighted by Crippen LogP contribution is -2.28. The molecule has 5 nitrogen and oxygen atoms in total. The van der Waals surface area contributed by atoms with Crippen molar-refractivity contribution in [3.63, 3.8) is 0 Å². The molecular formula is C18H23IN4O. The Kier molecular flexibility index (Phi) is 7.45. The number of aromatic nitrogens is 1. The zero-order valence-corrected chi connectivity index (χ0v) is 15.8. The predicted molar refractivity (Wildman–Crippen MR) is 108 cm³/mol. The molecule has 1 aromatic heterocycles. The topological polar surface area (TPSA) is 72.5 Å². The van der Waals surface area contributed by atoms with Crippen LogP contribution in [0.5, 0.6) is 0 Å². The molecule has 0 aliphatic carbocycles. The van der Waals surface area contributed by atoms with E-state index < -0.39 is 0 Å². The van der Waals surface area contributed by atoms with Gasteiger partial charge in [-0.05, 0) is 30.5 Å². The van der Waals surface area contributed by atoms with Gasteiger partial charge in [0.15, 0.2) is 5.96 Å². The van der Waals surface area contributed by atoms with Gasteiger partial charge in [-0.3, -0.25) is 4.99 Å². The van der Waals surface area contributed by atoms with Crippen molar-refractivity contribution in [2.75, 3.05) is 18.5 Å².